The normalized spacial score (nSPS) is 13.2. The van der Waals surface area contributed by atoms with Crippen LogP contribution in [0, 0.1) is 5.82 Å². The summed E-state index contributed by atoms with van der Waals surface area (Å²) in [7, 11) is -3.86. The van der Waals surface area contributed by atoms with Gasteiger partial charge in [0.25, 0.3) is 15.9 Å². The van der Waals surface area contributed by atoms with Crippen molar-refractivity contribution in [3.05, 3.63) is 114 Å². The largest absolute Gasteiger partial charge is 0.308 e. The van der Waals surface area contributed by atoms with Crippen LogP contribution in [0.4, 0.5) is 15.8 Å². The Morgan fingerprint density at radius 2 is 1.61 bits per heavy atom. The smallest absolute Gasteiger partial charge is 0.261 e. The van der Waals surface area contributed by atoms with Crippen LogP contribution in [-0.2, 0) is 16.4 Å². The highest BCUT2D eigenvalue weighted by Crippen LogP contribution is 2.35. The summed E-state index contributed by atoms with van der Waals surface area (Å²) < 4.78 is 42.7. The van der Waals surface area contributed by atoms with E-state index in [-0.39, 0.29) is 10.8 Å². The summed E-state index contributed by atoms with van der Waals surface area (Å²) in [6.07, 6.45) is 1.36. The minimum atomic E-state index is -3.86. The number of halogens is 1. The fourth-order valence-electron chi connectivity index (χ4n) is 4.16. The van der Waals surface area contributed by atoms with Crippen molar-refractivity contribution in [1.82, 2.24) is 0 Å². The molecule has 5 rings (SSSR count). The molecule has 36 heavy (non-hydrogen) atoms. The Morgan fingerprint density at radius 3 is 2.39 bits per heavy atom. The van der Waals surface area contributed by atoms with Crippen molar-refractivity contribution in [3.63, 3.8) is 0 Å². The van der Waals surface area contributed by atoms with Gasteiger partial charge in [0.1, 0.15) is 5.82 Å². The van der Waals surface area contributed by atoms with Gasteiger partial charge in [-0.1, -0.05) is 42.1 Å². The van der Waals surface area contributed by atoms with Crippen LogP contribution in [0.25, 0.3) is 0 Å². The number of hydrogen-bond acceptors (Lipinski definition) is 4. The van der Waals surface area contributed by atoms with E-state index in [9.17, 15) is 17.6 Å². The predicted molar refractivity (Wildman–Crippen MR) is 141 cm³/mol. The minimum absolute atomic E-state index is 0.136. The van der Waals surface area contributed by atoms with Crippen molar-refractivity contribution in [2.45, 2.75) is 27.5 Å². The van der Waals surface area contributed by atoms with Crippen LogP contribution < -0.4 is 9.62 Å². The molecule has 8 heteroatoms. The van der Waals surface area contributed by atoms with Crippen molar-refractivity contribution in [2.75, 3.05) is 16.2 Å². The first-order chi connectivity index (χ1) is 17.4. The van der Waals surface area contributed by atoms with Crippen LogP contribution in [-0.4, -0.2) is 20.9 Å². The number of fused-ring (bicyclic) bond motifs is 1. The summed E-state index contributed by atoms with van der Waals surface area (Å²) >= 11 is 1.48. The first-order valence-electron chi connectivity index (χ1n) is 11.5. The molecule has 0 radical (unpaired) electrons. The molecule has 0 aromatic heterocycles. The summed E-state index contributed by atoms with van der Waals surface area (Å²) in [4.78, 5) is 16.6. The molecule has 0 aliphatic carbocycles. The quantitative estimate of drug-likeness (QED) is 0.322. The molecule has 0 bridgehead atoms. The standard InChI is InChI=1S/C28H23FN2O3S2/c29-22-14-12-20(13-15-22)28(32)31-18-6-7-21-19-24(16-17-26(21)31)36(33,34)30-25-10-4-5-11-27(25)35-23-8-2-1-3-9-23/h1-5,8-17,19,30H,6-7,18H2. The molecule has 0 fully saturated rings. The fourth-order valence-corrected chi connectivity index (χ4v) is 6.28. The third-order valence-electron chi connectivity index (χ3n) is 5.92. The number of hydrogen-bond donors (Lipinski definition) is 1. The highest BCUT2D eigenvalue weighted by Gasteiger charge is 2.26. The first-order valence-corrected chi connectivity index (χ1v) is 13.8. The molecule has 4 aromatic carbocycles. The molecule has 182 valence electrons. The fraction of sp³-hybridized carbons (Fsp3) is 0.107. The zero-order valence-electron chi connectivity index (χ0n) is 19.2. The Labute approximate surface area is 214 Å². The molecule has 0 unspecified atom stereocenters. The summed E-state index contributed by atoms with van der Waals surface area (Å²) in [6, 6.07) is 27.3. The molecular weight excluding hydrogens is 495 g/mol. The monoisotopic (exact) mass is 518 g/mol. The van der Waals surface area contributed by atoms with Gasteiger partial charge >= 0.3 is 0 Å². The van der Waals surface area contributed by atoms with E-state index in [4.69, 9.17) is 0 Å². The van der Waals surface area contributed by atoms with E-state index < -0.39 is 15.8 Å². The molecule has 1 heterocycles. The van der Waals surface area contributed by atoms with Gasteiger partial charge in [-0.15, -0.1) is 0 Å². The number of rotatable bonds is 6. The lowest BCUT2D eigenvalue weighted by atomic mass is 10.0. The number of sulfonamides is 1. The molecule has 1 amide bonds. The minimum Gasteiger partial charge on any atom is -0.308 e. The number of aryl methyl sites for hydroxylation is 1. The van der Waals surface area contributed by atoms with Crippen molar-refractivity contribution in [2.24, 2.45) is 0 Å². The lowest BCUT2D eigenvalue weighted by Gasteiger charge is -2.30. The van der Waals surface area contributed by atoms with Crippen molar-refractivity contribution in [3.8, 4) is 0 Å². The molecule has 1 N–H and O–H groups in total. The Bertz CT molecular complexity index is 1510. The van der Waals surface area contributed by atoms with E-state index in [0.29, 0.717) is 36.3 Å². The molecule has 0 saturated heterocycles. The van der Waals surface area contributed by atoms with Gasteiger partial charge in [-0.05, 0) is 85.1 Å². The zero-order chi connectivity index (χ0) is 25.1. The highest BCUT2D eigenvalue weighted by molar-refractivity contribution is 7.99. The number of nitrogens with zero attached hydrogens (tertiary/aromatic N) is 1. The Morgan fingerprint density at radius 1 is 0.889 bits per heavy atom. The first kappa shape index (κ1) is 24.1. The second-order valence-corrected chi connectivity index (χ2v) is 11.2. The summed E-state index contributed by atoms with van der Waals surface area (Å²) in [5.41, 5.74) is 2.34. The average molecular weight is 519 g/mol. The van der Waals surface area contributed by atoms with Crippen LogP contribution in [0.15, 0.2) is 112 Å². The Balaban J connectivity index is 1.40. The zero-order valence-corrected chi connectivity index (χ0v) is 20.9. The van der Waals surface area contributed by atoms with E-state index in [0.717, 1.165) is 15.4 Å². The summed E-state index contributed by atoms with van der Waals surface area (Å²) in [6.45, 7) is 0.512. The molecular formula is C28H23FN2O3S2. The molecule has 0 saturated carbocycles. The van der Waals surface area contributed by atoms with E-state index >= 15 is 0 Å². The number of carbonyl (C=O) groups excluding carboxylic acids is 1. The maximum absolute atomic E-state index is 13.3. The van der Waals surface area contributed by atoms with Gasteiger partial charge in [-0.3, -0.25) is 9.52 Å². The van der Waals surface area contributed by atoms with Gasteiger partial charge in [0.05, 0.1) is 10.6 Å². The number of anilines is 2. The van der Waals surface area contributed by atoms with Gasteiger partial charge in [0.2, 0.25) is 0 Å². The lowest BCUT2D eigenvalue weighted by molar-refractivity contribution is 0.0985. The SMILES string of the molecule is O=C(c1ccc(F)cc1)N1CCCc2cc(S(=O)(=O)Nc3ccccc3Sc3ccccc3)ccc21. The number of benzene rings is 4. The maximum atomic E-state index is 13.3. The van der Waals surface area contributed by atoms with Crippen molar-refractivity contribution >= 4 is 39.1 Å². The van der Waals surface area contributed by atoms with E-state index in [2.05, 4.69) is 4.72 Å². The molecule has 5 nitrogen and oxygen atoms in total. The average Bonchev–Trinajstić information content (AvgIpc) is 2.89. The van der Waals surface area contributed by atoms with Gasteiger partial charge < -0.3 is 4.90 Å². The molecule has 1 aliphatic rings. The molecule has 4 aromatic rings. The van der Waals surface area contributed by atoms with E-state index in [1.165, 1.54) is 42.1 Å². The third-order valence-corrected chi connectivity index (χ3v) is 8.37. The molecule has 1 aliphatic heterocycles. The van der Waals surface area contributed by atoms with Crippen LogP contribution >= 0.6 is 11.8 Å². The third kappa shape index (κ3) is 5.15. The second kappa shape index (κ2) is 10.2. The van der Waals surface area contributed by atoms with Gasteiger partial charge in [0.15, 0.2) is 0 Å². The number of amides is 1. The Kier molecular flexibility index (Phi) is 6.80. The topological polar surface area (TPSA) is 66.5 Å². The van der Waals surface area contributed by atoms with Gasteiger partial charge in [0, 0.05) is 27.6 Å². The Hall–Kier alpha value is -3.62. The van der Waals surface area contributed by atoms with Crippen molar-refractivity contribution in [1.29, 1.82) is 0 Å². The number of nitrogens with one attached hydrogen (secondary N) is 1. The van der Waals surface area contributed by atoms with E-state index in [1.807, 2.05) is 42.5 Å². The number of para-hydroxylation sites is 1. The maximum Gasteiger partial charge on any atom is 0.261 e. The molecule has 0 spiro atoms. The summed E-state index contributed by atoms with van der Waals surface area (Å²) in [5.74, 6) is -0.645. The van der Waals surface area contributed by atoms with E-state index in [1.54, 1.807) is 29.2 Å². The lowest BCUT2D eigenvalue weighted by Crippen LogP contribution is -2.35. The summed E-state index contributed by atoms with van der Waals surface area (Å²) in [5, 5.41) is 0. The predicted octanol–water partition coefficient (Wildman–Crippen LogP) is 6.37. The highest BCUT2D eigenvalue weighted by atomic mass is 32.2. The van der Waals surface area contributed by atoms with Crippen LogP contribution in [0.2, 0.25) is 0 Å². The second-order valence-electron chi connectivity index (χ2n) is 8.37. The van der Waals surface area contributed by atoms with Gasteiger partial charge in [-0.25, -0.2) is 12.8 Å². The van der Waals surface area contributed by atoms with Gasteiger partial charge in [-0.2, -0.15) is 0 Å². The van der Waals surface area contributed by atoms with Crippen LogP contribution in [0.1, 0.15) is 22.3 Å². The number of carbonyl (C=O) groups is 1. The van der Waals surface area contributed by atoms with Crippen LogP contribution in [0.5, 0.6) is 0 Å². The van der Waals surface area contributed by atoms with Crippen LogP contribution in [0.3, 0.4) is 0 Å². The molecule has 0 atom stereocenters. The van der Waals surface area contributed by atoms with Crippen molar-refractivity contribution < 1.29 is 17.6 Å².